The van der Waals surface area contributed by atoms with Crippen LogP contribution >= 0.6 is 22.2 Å². The maximum Gasteiger partial charge on any atom is 0.293 e. The Balaban J connectivity index is 1.02. The fourth-order valence-corrected chi connectivity index (χ4v) is 11.7. The minimum atomic E-state index is -4.62. The van der Waals surface area contributed by atoms with Gasteiger partial charge in [0.15, 0.2) is 0 Å². The molecule has 62 heavy (non-hydrogen) atoms. The van der Waals surface area contributed by atoms with E-state index >= 15 is 0 Å². The van der Waals surface area contributed by atoms with E-state index in [0.29, 0.717) is 12.2 Å². The Labute approximate surface area is 368 Å². The summed E-state index contributed by atoms with van der Waals surface area (Å²) in [5.41, 5.74) is 5.59. The largest absolute Gasteiger partial charge is 0.456 e. The molecule has 0 bridgehead atoms. The lowest BCUT2D eigenvalue weighted by atomic mass is 9.72. The Bertz CT molecular complexity index is 2660. The van der Waals surface area contributed by atoms with Crippen LogP contribution < -0.4 is 19.3 Å². The van der Waals surface area contributed by atoms with E-state index in [1.54, 1.807) is 30.1 Å². The number of allylic oxidation sites excluding steroid dienone is 1. The highest BCUT2D eigenvalue weighted by atomic mass is 35.5. The predicted molar refractivity (Wildman–Crippen MR) is 247 cm³/mol. The van der Waals surface area contributed by atoms with Crippen LogP contribution in [0.25, 0.3) is 16.5 Å². The van der Waals surface area contributed by atoms with Gasteiger partial charge in [-0.1, -0.05) is 43.2 Å². The smallest absolute Gasteiger partial charge is 0.293 e. The van der Waals surface area contributed by atoms with Crippen LogP contribution in [0, 0.1) is 15.5 Å². The second-order valence-electron chi connectivity index (χ2n) is 17.3. The average molecular weight is 904 g/mol. The third-order valence-corrected chi connectivity index (χ3v) is 15.7. The van der Waals surface area contributed by atoms with Gasteiger partial charge in [-0.25, -0.2) is 13.1 Å². The number of carbonyl (C=O) groups excluding carboxylic acids is 1. The average Bonchev–Trinajstić information content (AvgIpc) is 3.86. The number of rotatable bonds is 12. The minimum absolute atomic E-state index is 0.0434. The van der Waals surface area contributed by atoms with Crippen molar-refractivity contribution in [3.05, 3.63) is 123 Å². The van der Waals surface area contributed by atoms with Gasteiger partial charge in [-0.05, 0) is 103 Å². The van der Waals surface area contributed by atoms with Crippen molar-refractivity contribution in [3.63, 3.8) is 0 Å². The van der Waals surface area contributed by atoms with E-state index in [1.165, 1.54) is 34.9 Å². The summed E-state index contributed by atoms with van der Waals surface area (Å²) < 4.78 is 56.2. The number of carbonyl (C=O) groups is 1. The molecule has 328 valence electrons. The van der Waals surface area contributed by atoms with Crippen LogP contribution in [0.2, 0.25) is 5.02 Å². The van der Waals surface area contributed by atoms with Gasteiger partial charge in [0.1, 0.15) is 17.2 Å². The van der Waals surface area contributed by atoms with Crippen LogP contribution in [0.3, 0.4) is 0 Å². The van der Waals surface area contributed by atoms with Gasteiger partial charge in [-0.2, -0.15) is 10.6 Å². The number of piperazine rings is 1. The number of hydrogen-bond donors (Lipinski definition) is 4. The molecule has 1 atom stereocenters. The number of sulfonamides is 1. The molecule has 1 aromatic heterocycles. The van der Waals surface area contributed by atoms with Gasteiger partial charge in [0.2, 0.25) is 0 Å². The number of nitro benzene ring substituents is 1. The Hall–Kier alpha value is -5.10. The quantitative estimate of drug-likeness (QED) is 0.0692. The maximum atomic E-state index is 14.0. The lowest BCUT2D eigenvalue weighted by Crippen LogP contribution is -2.47. The van der Waals surface area contributed by atoms with Gasteiger partial charge in [-0.15, -0.1) is 0 Å². The Morgan fingerprint density at radius 3 is 2.50 bits per heavy atom. The van der Waals surface area contributed by atoms with Crippen LogP contribution in [-0.4, -0.2) is 95.6 Å². The van der Waals surface area contributed by atoms with Crippen molar-refractivity contribution >= 4 is 71.7 Å². The molecule has 1 aliphatic carbocycles. The molecule has 5 aromatic rings. The summed E-state index contributed by atoms with van der Waals surface area (Å²) >= 11 is 6.24. The van der Waals surface area contributed by atoms with E-state index in [9.17, 15) is 32.4 Å². The number of nitrogens with zero attached hydrogens (tertiary/aromatic N) is 4. The van der Waals surface area contributed by atoms with Crippen molar-refractivity contribution in [2.45, 2.75) is 50.5 Å². The molecule has 1 amide bonds. The summed E-state index contributed by atoms with van der Waals surface area (Å²) in [6.07, 6.45) is 5.39. The number of hydrogen-bond acceptors (Lipinski definition) is 11. The third-order valence-electron chi connectivity index (χ3n) is 12.3. The van der Waals surface area contributed by atoms with Crippen LogP contribution in [0.4, 0.5) is 17.1 Å². The first-order valence-electron chi connectivity index (χ1n) is 20.6. The molecule has 17 heteroatoms. The van der Waals surface area contributed by atoms with Crippen molar-refractivity contribution in [1.29, 1.82) is 0 Å². The lowest BCUT2D eigenvalue weighted by Gasteiger charge is -2.39. The van der Waals surface area contributed by atoms with E-state index in [1.807, 2.05) is 36.5 Å². The van der Waals surface area contributed by atoms with E-state index in [2.05, 4.69) is 45.5 Å². The minimum Gasteiger partial charge on any atom is -0.456 e. The number of fused-ring (bicyclic) bond motifs is 1. The number of anilines is 2. The van der Waals surface area contributed by atoms with E-state index < -0.39 is 42.0 Å². The molecule has 3 heterocycles. The fourth-order valence-electron chi connectivity index (χ4n) is 8.75. The second kappa shape index (κ2) is 17.2. The predicted octanol–water partition coefficient (Wildman–Crippen LogP) is 9.39. The van der Waals surface area contributed by atoms with Crippen molar-refractivity contribution < 1.29 is 32.0 Å². The van der Waals surface area contributed by atoms with Gasteiger partial charge in [0, 0.05) is 91.5 Å². The SMILES string of the molecule is CN(c1ccc(S(=O)(=O)NC(=O)c2ccc(N3CCN(CC4=C(c5ccc(Cl)cc5)CC(C)(C)CC4)CC3)cc2Oc2ccc3[nH]ccc3c2)cc1[N+](=O)[O-])C1CCS(O)(O)C1. The topological polar surface area (TPSA) is 182 Å². The molecule has 0 saturated carbocycles. The molecule has 2 fully saturated rings. The Morgan fingerprint density at radius 1 is 1.03 bits per heavy atom. The first-order chi connectivity index (χ1) is 29.4. The number of benzene rings is 4. The van der Waals surface area contributed by atoms with Crippen molar-refractivity contribution in [1.82, 2.24) is 14.6 Å². The van der Waals surface area contributed by atoms with Crippen LogP contribution in [0.5, 0.6) is 11.5 Å². The molecule has 2 aliphatic heterocycles. The molecule has 4 aromatic carbocycles. The summed E-state index contributed by atoms with van der Waals surface area (Å²) in [6.45, 7) is 8.60. The molecular formula is C45H51ClN6O8S2. The zero-order valence-electron chi connectivity index (χ0n) is 34.8. The number of aromatic nitrogens is 1. The fraction of sp³-hybridized carbons (Fsp3) is 0.356. The summed E-state index contributed by atoms with van der Waals surface area (Å²) in [5.74, 6) is -0.155. The second-order valence-corrected chi connectivity index (χ2v) is 21.7. The summed E-state index contributed by atoms with van der Waals surface area (Å²) in [7, 11) is -5.81. The molecule has 0 radical (unpaired) electrons. The number of ether oxygens (including phenoxy) is 1. The molecule has 0 spiro atoms. The van der Waals surface area contributed by atoms with Gasteiger partial charge in [-0.3, -0.25) is 28.9 Å². The number of H-pyrrole nitrogens is 1. The first-order valence-corrected chi connectivity index (χ1v) is 24.3. The Morgan fingerprint density at radius 2 is 1.79 bits per heavy atom. The molecular weight excluding hydrogens is 852 g/mol. The van der Waals surface area contributed by atoms with Crippen LogP contribution in [0.1, 0.15) is 55.5 Å². The van der Waals surface area contributed by atoms with E-state index in [0.717, 1.165) is 79.7 Å². The van der Waals surface area contributed by atoms with Gasteiger partial charge in [0.05, 0.1) is 21.1 Å². The first kappa shape index (κ1) is 43.5. The molecule has 8 rings (SSSR count). The molecule has 1 unspecified atom stereocenters. The van der Waals surface area contributed by atoms with Crippen LogP contribution in [0.15, 0.2) is 102 Å². The summed E-state index contributed by atoms with van der Waals surface area (Å²) in [4.78, 5) is 34.4. The highest BCUT2D eigenvalue weighted by Crippen LogP contribution is 2.48. The zero-order valence-corrected chi connectivity index (χ0v) is 37.2. The van der Waals surface area contributed by atoms with Gasteiger partial charge >= 0.3 is 0 Å². The van der Waals surface area contributed by atoms with E-state index in [-0.39, 0.29) is 40.0 Å². The number of amides is 1. The molecule has 2 saturated heterocycles. The number of halogens is 1. The van der Waals surface area contributed by atoms with Gasteiger partial charge in [0.25, 0.3) is 21.6 Å². The van der Waals surface area contributed by atoms with Crippen molar-refractivity contribution in [2.75, 3.05) is 61.1 Å². The normalized spacial score (nSPS) is 19.6. The zero-order chi connectivity index (χ0) is 44.0. The number of nitrogens with one attached hydrogen (secondary N) is 2. The highest BCUT2D eigenvalue weighted by Gasteiger charge is 2.35. The summed E-state index contributed by atoms with van der Waals surface area (Å²) in [6, 6.07) is 23.5. The number of nitro groups is 1. The third kappa shape index (κ3) is 9.60. The van der Waals surface area contributed by atoms with E-state index in [4.69, 9.17) is 16.3 Å². The number of aromatic amines is 1. The van der Waals surface area contributed by atoms with Crippen LogP contribution in [-0.2, 0) is 10.0 Å². The monoisotopic (exact) mass is 902 g/mol. The van der Waals surface area contributed by atoms with Crippen molar-refractivity contribution in [3.8, 4) is 11.5 Å². The van der Waals surface area contributed by atoms with Crippen molar-refractivity contribution in [2.24, 2.45) is 5.41 Å². The summed E-state index contributed by atoms with van der Waals surface area (Å²) in [5, 5.41) is 13.8. The molecule has 4 N–H and O–H groups in total. The molecule has 14 nitrogen and oxygen atoms in total. The van der Waals surface area contributed by atoms with Gasteiger partial charge < -0.3 is 19.5 Å². The lowest BCUT2D eigenvalue weighted by molar-refractivity contribution is -0.384. The maximum absolute atomic E-state index is 14.0. The Kier molecular flexibility index (Phi) is 12.1. The standard InChI is InChI=1S/C45H51ClN6O8S2/c1-45(2)17-14-32(39(27-45)30-4-6-33(46)7-5-30)28-50-19-21-51(22-20-50)34-8-11-38(43(25-34)60-36-9-12-40-31(24-36)15-18-47-40)44(53)48-62(58,59)37-10-13-41(42(26-37)52(54)55)49(3)35-16-23-61(56,57)29-35/h4-13,15,18,24-26,35,47,56-57H,14,16-17,19-23,27-29H2,1-3H3,(H,48,53). The highest BCUT2D eigenvalue weighted by molar-refractivity contribution is 8.24. The molecule has 3 aliphatic rings.